The number of aromatic nitrogens is 2. The summed E-state index contributed by atoms with van der Waals surface area (Å²) in [5.74, 6) is -0.227. The molecule has 10 heteroatoms. The van der Waals surface area contributed by atoms with Crippen LogP contribution in [0, 0.1) is 0 Å². The summed E-state index contributed by atoms with van der Waals surface area (Å²) in [7, 11) is 1.56. The lowest BCUT2D eigenvalue weighted by Crippen LogP contribution is -2.58. The molecule has 3 aromatic rings. The summed E-state index contributed by atoms with van der Waals surface area (Å²) in [5, 5.41) is 11.6. The van der Waals surface area contributed by atoms with Gasteiger partial charge in [-0.1, -0.05) is 60.7 Å². The molecule has 0 saturated carbocycles. The number of aliphatic hydroxyl groups is 1. The Morgan fingerprint density at radius 1 is 1.07 bits per heavy atom. The Bertz CT molecular complexity index is 1390. The molecule has 43 heavy (non-hydrogen) atoms. The highest BCUT2D eigenvalue weighted by atomic mass is 16.6. The van der Waals surface area contributed by atoms with Gasteiger partial charge in [0.25, 0.3) is 5.91 Å². The largest absolute Gasteiger partial charge is 0.444 e. The first-order chi connectivity index (χ1) is 20.6. The molecule has 10 nitrogen and oxygen atoms in total. The lowest BCUT2D eigenvalue weighted by Gasteiger charge is -2.42. The molecule has 1 aromatic heterocycles. The monoisotopic (exact) mass is 590 g/mol. The molecule has 2 fully saturated rings. The van der Waals surface area contributed by atoms with E-state index in [0.29, 0.717) is 50.5 Å². The molecule has 2 amide bonds. The van der Waals surface area contributed by atoms with Gasteiger partial charge in [0, 0.05) is 45.3 Å². The summed E-state index contributed by atoms with van der Waals surface area (Å²) in [6.45, 7) is 7.35. The average molecular weight is 591 g/mol. The lowest BCUT2D eigenvalue weighted by molar-refractivity contribution is -0.134. The minimum Gasteiger partial charge on any atom is -0.444 e. The molecular formula is C33H42N4O6. The van der Waals surface area contributed by atoms with E-state index in [2.05, 4.69) is 4.98 Å². The summed E-state index contributed by atoms with van der Waals surface area (Å²) in [6.07, 6.45) is 2.20. The van der Waals surface area contributed by atoms with Gasteiger partial charge in [0.05, 0.1) is 37.3 Å². The van der Waals surface area contributed by atoms with Gasteiger partial charge in [-0.3, -0.25) is 4.79 Å². The van der Waals surface area contributed by atoms with Gasteiger partial charge in [-0.05, 0) is 32.8 Å². The second-order valence-corrected chi connectivity index (χ2v) is 12.4. The maximum absolute atomic E-state index is 14.5. The lowest BCUT2D eigenvalue weighted by atomic mass is 9.89. The van der Waals surface area contributed by atoms with Gasteiger partial charge in [0.15, 0.2) is 5.69 Å². The van der Waals surface area contributed by atoms with Crippen LogP contribution in [0.2, 0.25) is 0 Å². The van der Waals surface area contributed by atoms with Crippen molar-refractivity contribution in [3.63, 3.8) is 0 Å². The molecule has 5 rings (SSSR count). The minimum atomic E-state index is -1.19. The summed E-state index contributed by atoms with van der Waals surface area (Å²) in [4.78, 5) is 35.7. The van der Waals surface area contributed by atoms with Crippen molar-refractivity contribution in [3.05, 3.63) is 78.2 Å². The van der Waals surface area contributed by atoms with Crippen molar-refractivity contribution in [1.82, 2.24) is 19.4 Å². The molecule has 2 aromatic carbocycles. The maximum Gasteiger partial charge on any atom is 0.410 e. The van der Waals surface area contributed by atoms with Gasteiger partial charge in [-0.15, -0.1) is 0 Å². The number of carbonyl (C=O) groups is 2. The van der Waals surface area contributed by atoms with Crippen LogP contribution >= 0.6 is 0 Å². The zero-order valence-corrected chi connectivity index (χ0v) is 25.4. The average Bonchev–Trinajstić information content (AvgIpc) is 3.42. The van der Waals surface area contributed by atoms with Gasteiger partial charge in [-0.25, -0.2) is 9.78 Å². The quantitative estimate of drug-likeness (QED) is 0.440. The van der Waals surface area contributed by atoms with Crippen LogP contribution in [0.15, 0.2) is 67.0 Å². The number of methoxy groups -OCH3 is 1. The van der Waals surface area contributed by atoms with Gasteiger partial charge < -0.3 is 33.7 Å². The van der Waals surface area contributed by atoms with Crippen molar-refractivity contribution >= 4 is 12.0 Å². The van der Waals surface area contributed by atoms with E-state index in [1.165, 1.54) is 0 Å². The zero-order valence-electron chi connectivity index (χ0n) is 25.4. The second-order valence-electron chi connectivity index (χ2n) is 12.4. The third-order valence-corrected chi connectivity index (χ3v) is 8.06. The van der Waals surface area contributed by atoms with Crippen LogP contribution in [0.4, 0.5) is 4.79 Å². The summed E-state index contributed by atoms with van der Waals surface area (Å²) >= 11 is 0. The standard InChI is InChI=1S/C33H42N4O6/c1-32(2,3)43-31(39)35-16-17-36(26(20-35)19-24-11-7-5-8-12-24)30(38)28-29(25-13-9-6-10-14-25)37(23-34-28)27-21-42-18-15-33(27,40)22-41-4/h5-14,23,26-27,40H,15-22H2,1-4H3/t26-,27?,33+/m1/s1. The molecule has 1 unspecified atom stereocenters. The number of nitrogens with zero attached hydrogens (tertiary/aromatic N) is 4. The number of ether oxygens (including phenoxy) is 3. The minimum absolute atomic E-state index is 0.127. The highest BCUT2D eigenvalue weighted by Crippen LogP contribution is 2.37. The van der Waals surface area contributed by atoms with Gasteiger partial charge in [0.1, 0.15) is 11.2 Å². The highest BCUT2D eigenvalue weighted by Gasteiger charge is 2.43. The predicted octanol–water partition coefficient (Wildman–Crippen LogP) is 4.19. The summed E-state index contributed by atoms with van der Waals surface area (Å²) in [6, 6.07) is 18.8. The molecule has 230 valence electrons. The first kappa shape index (κ1) is 30.7. The smallest absolute Gasteiger partial charge is 0.410 e. The van der Waals surface area contributed by atoms with Crippen LogP contribution in [-0.4, -0.2) is 100 Å². The van der Waals surface area contributed by atoms with Crippen LogP contribution in [0.1, 0.15) is 49.3 Å². The molecule has 0 bridgehead atoms. The van der Waals surface area contributed by atoms with Crippen molar-refractivity contribution in [2.24, 2.45) is 0 Å². The van der Waals surface area contributed by atoms with E-state index in [-0.39, 0.29) is 31.3 Å². The van der Waals surface area contributed by atoms with Crippen molar-refractivity contribution < 1.29 is 28.9 Å². The van der Waals surface area contributed by atoms with Gasteiger partial charge in [0.2, 0.25) is 0 Å². The Morgan fingerprint density at radius 2 is 1.77 bits per heavy atom. The number of carbonyl (C=O) groups excluding carboxylic acids is 2. The molecule has 1 N–H and O–H groups in total. The fourth-order valence-corrected chi connectivity index (χ4v) is 5.97. The van der Waals surface area contributed by atoms with Crippen molar-refractivity contribution in [2.75, 3.05) is 46.6 Å². The van der Waals surface area contributed by atoms with E-state index in [4.69, 9.17) is 14.2 Å². The third kappa shape index (κ3) is 6.92. The fourth-order valence-electron chi connectivity index (χ4n) is 5.97. The summed E-state index contributed by atoms with van der Waals surface area (Å²) in [5.41, 5.74) is 0.968. The fraction of sp³-hybridized carbons (Fsp3) is 0.485. The number of amides is 2. The van der Waals surface area contributed by atoms with Gasteiger partial charge in [-0.2, -0.15) is 0 Å². The van der Waals surface area contributed by atoms with Crippen molar-refractivity contribution in [3.8, 4) is 11.3 Å². The Hall–Kier alpha value is -3.73. The van der Waals surface area contributed by atoms with Crippen molar-refractivity contribution in [1.29, 1.82) is 0 Å². The van der Waals surface area contributed by atoms with Crippen LogP contribution in [0.3, 0.4) is 0 Å². The molecule has 0 spiro atoms. The highest BCUT2D eigenvalue weighted by molar-refractivity contribution is 5.98. The predicted molar refractivity (Wildman–Crippen MR) is 162 cm³/mol. The van der Waals surface area contributed by atoms with Crippen LogP contribution in [0.25, 0.3) is 11.3 Å². The van der Waals surface area contributed by atoms with Crippen molar-refractivity contribution in [2.45, 2.75) is 56.9 Å². The number of hydrogen-bond acceptors (Lipinski definition) is 7. The number of rotatable bonds is 7. The Morgan fingerprint density at radius 3 is 2.44 bits per heavy atom. The van der Waals surface area contributed by atoms with E-state index in [1.54, 1.807) is 18.3 Å². The number of benzene rings is 2. The molecule has 0 radical (unpaired) electrons. The molecule has 3 atom stereocenters. The van der Waals surface area contributed by atoms with E-state index < -0.39 is 17.2 Å². The number of hydrogen-bond donors (Lipinski definition) is 1. The number of piperazine rings is 1. The first-order valence-corrected chi connectivity index (χ1v) is 14.8. The third-order valence-electron chi connectivity index (χ3n) is 8.06. The van der Waals surface area contributed by atoms with Crippen LogP contribution in [0.5, 0.6) is 0 Å². The SMILES string of the molecule is COC[C@@]1(O)CCOCC1n1cnc(C(=O)N2CCN(C(=O)OC(C)(C)C)C[C@H]2Cc2ccccc2)c1-c1ccccc1. The normalized spacial score (nSPS) is 22.8. The molecule has 0 aliphatic carbocycles. The molecule has 3 heterocycles. The molecule has 2 aliphatic heterocycles. The maximum atomic E-state index is 14.5. The summed E-state index contributed by atoms with van der Waals surface area (Å²) < 4.78 is 18.7. The second kappa shape index (κ2) is 12.9. The Kier molecular flexibility index (Phi) is 9.19. The van der Waals surface area contributed by atoms with E-state index in [1.807, 2.05) is 90.9 Å². The zero-order chi connectivity index (χ0) is 30.6. The molecule has 2 saturated heterocycles. The number of imidazole rings is 1. The Labute approximate surface area is 253 Å². The van der Waals surface area contributed by atoms with E-state index in [9.17, 15) is 14.7 Å². The van der Waals surface area contributed by atoms with Crippen LogP contribution < -0.4 is 0 Å². The first-order valence-electron chi connectivity index (χ1n) is 14.8. The topological polar surface area (TPSA) is 106 Å². The molecular weight excluding hydrogens is 548 g/mol. The molecule has 2 aliphatic rings. The van der Waals surface area contributed by atoms with E-state index >= 15 is 0 Å². The van der Waals surface area contributed by atoms with E-state index in [0.717, 1.165) is 11.1 Å². The van der Waals surface area contributed by atoms with Crippen LogP contribution in [-0.2, 0) is 20.6 Å². The Balaban J connectivity index is 1.51. The van der Waals surface area contributed by atoms with Gasteiger partial charge >= 0.3 is 6.09 Å².